The third kappa shape index (κ3) is 3.45. The van der Waals surface area contributed by atoms with Gasteiger partial charge in [0.2, 0.25) is 0 Å². The average Bonchev–Trinajstić information content (AvgIpc) is 2.40. The quantitative estimate of drug-likeness (QED) is 0.874. The number of halogens is 1. The molecule has 1 saturated heterocycles. The van der Waals surface area contributed by atoms with E-state index < -0.39 is 6.10 Å². The van der Waals surface area contributed by atoms with Crippen molar-refractivity contribution in [3.8, 4) is 0 Å². The summed E-state index contributed by atoms with van der Waals surface area (Å²) in [7, 11) is 0. The van der Waals surface area contributed by atoms with Crippen LogP contribution in [0.2, 0.25) is 5.02 Å². The third-order valence-electron chi connectivity index (χ3n) is 2.95. The predicted octanol–water partition coefficient (Wildman–Crippen LogP) is 1.51. The number of carbonyl (C=O) groups is 1. The summed E-state index contributed by atoms with van der Waals surface area (Å²) in [5, 5.41) is 6.76. The molecule has 1 aliphatic rings. The van der Waals surface area contributed by atoms with E-state index in [9.17, 15) is 4.79 Å². The highest BCUT2D eigenvalue weighted by Crippen LogP contribution is 2.16. The highest BCUT2D eigenvalue weighted by molar-refractivity contribution is 6.30. The molecule has 18 heavy (non-hydrogen) atoms. The van der Waals surface area contributed by atoms with Crippen LogP contribution in [-0.2, 0) is 9.53 Å². The van der Waals surface area contributed by atoms with Crippen LogP contribution in [0.1, 0.15) is 18.5 Å². The third-order valence-corrected chi connectivity index (χ3v) is 3.20. The number of hydrogen-bond donors (Lipinski definition) is 2. The van der Waals surface area contributed by atoms with Gasteiger partial charge in [0.05, 0.1) is 12.6 Å². The van der Waals surface area contributed by atoms with Gasteiger partial charge in [-0.15, -0.1) is 0 Å². The summed E-state index contributed by atoms with van der Waals surface area (Å²) in [6, 6.07) is 7.40. The Morgan fingerprint density at radius 2 is 2.22 bits per heavy atom. The van der Waals surface area contributed by atoms with Gasteiger partial charge in [0, 0.05) is 18.1 Å². The van der Waals surface area contributed by atoms with Crippen LogP contribution in [0.15, 0.2) is 24.3 Å². The SMILES string of the molecule is C[C@@H](NC(=O)C1CNCCO1)c1ccc(Cl)cc1. The second-order valence-electron chi connectivity index (χ2n) is 4.35. The molecule has 2 N–H and O–H groups in total. The van der Waals surface area contributed by atoms with E-state index in [0.29, 0.717) is 18.2 Å². The number of amides is 1. The summed E-state index contributed by atoms with van der Waals surface area (Å²) in [4.78, 5) is 11.9. The minimum absolute atomic E-state index is 0.0553. The van der Waals surface area contributed by atoms with Gasteiger partial charge in [-0.25, -0.2) is 0 Å². The average molecular weight is 269 g/mol. The zero-order chi connectivity index (χ0) is 13.0. The van der Waals surface area contributed by atoms with Gasteiger partial charge in [0.25, 0.3) is 5.91 Å². The topological polar surface area (TPSA) is 50.4 Å². The normalized spacial score (nSPS) is 21.3. The fourth-order valence-corrected chi connectivity index (χ4v) is 2.00. The van der Waals surface area contributed by atoms with Gasteiger partial charge in [-0.1, -0.05) is 23.7 Å². The Morgan fingerprint density at radius 1 is 1.50 bits per heavy atom. The first-order valence-electron chi connectivity index (χ1n) is 6.05. The lowest BCUT2D eigenvalue weighted by Crippen LogP contribution is -2.48. The van der Waals surface area contributed by atoms with E-state index >= 15 is 0 Å². The molecule has 1 unspecified atom stereocenters. The molecule has 1 heterocycles. The van der Waals surface area contributed by atoms with Gasteiger partial charge in [-0.05, 0) is 24.6 Å². The highest BCUT2D eigenvalue weighted by atomic mass is 35.5. The lowest BCUT2D eigenvalue weighted by atomic mass is 10.1. The van der Waals surface area contributed by atoms with Crippen molar-refractivity contribution in [2.75, 3.05) is 19.7 Å². The summed E-state index contributed by atoms with van der Waals surface area (Å²) >= 11 is 5.83. The van der Waals surface area contributed by atoms with Crippen LogP contribution in [0, 0.1) is 0 Å². The van der Waals surface area contributed by atoms with Crippen LogP contribution in [0.5, 0.6) is 0 Å². The molecule has 1 fully saturated rings. The van der Waals surface area contributed by atoms with Crippen molar-refractivity contribution in [2.24, 2.45) is 0 Å². The predicted molar refractivity (Wildman–Crippen MR) is 70.6 cm³/mol. The van der Waals surface area contributed by atoms with Crippen LogP contribution >= 0.6 is 11.6 Å². The van der Waals surface area contributed by atoms with Crippen LogP contribution in [0.25, 0.3) is 0 Å². The van der Waals surface area contributed by atoms with Crippen LogP contribution in [-0.4, -0.2) is 31.7 Å². The molecule has 0 aromatic heterocycles. The molecular weight excluding hydrogens is 252 g/mol. The molecule has 1 aliphatic heterocycles. The molecule has 0 radical (unpaired) electrons. The van der Waals surface area contributed by atoms with Gasteiger partial charge in [-0.3, -0.25) is 4.79 Å². The van der Waals surface area contributed by atoms with Crippen molar-refractivity contribution in [1.29, 1.82) is 0 Å². The number of nitrogens with one attached hydrogen (secondary N) is 2. The first-order chi connectivity index (χ1) is 8.66. The second kappa shape index (κ2) is 6.18. The van der Waals surface area contributed by atoms with Gasteiger partial charge in [0.15, 0.2) is 0 Å². The maximum Gasteiger partial charge on any atom is 0.250 e. The molecule has 0 saturated carbocycles. The van der Waals surface area contributed by atoms with E-state index in [1.807, 2.05) is 31.2 Å². The lowest BCUT2D eigenvalue weighted by molar-refractivity contribution is -0.134. The van der Waals surface area contributed by atoms with Crippen molar-refractivity contribution in [2.45, 2.75) is 19.1 Å². The van der Waals surface area contributed by atoms with E-state index in [2.05, 4.69) is 10.6 Å². The molecule has 2 atom stereocenters. The molecule has 98 valence electrons. The lowest BCUT2D eigenvalue weighted by Gasteiger charge is -2.24. The van der Waals surface area contributed by atoms with E-state index in [1.54, 1.807) is 0 Å². The summed E-state index contributed by atoms with van der Waals surface area (Å²) in [6.07, 6.45) is -0.395. The van der Waals surface area contributed by atoms with Crippen LogP contribution < -0.4 is 10.6 Å². The first-order valence-corrected chi connectivity index (χ1v) is 6.43. The molecule has 0 spiro atoms. The number of ether oxygens (including phenoxy) is 1. The van der Waals surface area contributed by atoms with Crippen molar-refractivity contribution >= 4 is 17.5 Å². The second-order valence-corrected chi connectivity index (χ2v) is 4.78. The molecule has 4 nitrogen and oxygen atoms in total. The van der Waals surface area contributed by atoms with Crippen LogP contribution in [0.4, 0.5) is 0 Å². The zero-order valence-corrected chi connectivity index (χ0v) is 11.0. The highest BCUT2D eigenvalue weighted by Gasteiger charge is 2.23. The van der Waals surface area contributed by atoms with Crippen molar-refractivity contribution in [3.05, 3.63) is 34.9 Å². The number of hydrogen-bond acceptors (Lipinski definition) is 3. The molecule has 1 aromatic rings. The fraction of sp³-hybridized carbons (Fsp3) is 0.462. The molecule has 0 bridgehead atoms. The summed E-state index contributed by atoms with van der Waals surface area (Å²) < 4.78 is 5.40. The number of carbonyl (C=O) groups excluding carboxylic acids is 1. The molecule has 1 amide bonds. The maximum absolute atomic E-state index is 11.9. The molecular formula is C13H17ClN2O2. The Morgan fingerprint density at radius 3 is 2.83 bits per heavy atom. The Balaban J connectivity index is 1.91. The largest absolute Gasteiger partial charge is 0.366 e. The standard InChI is InChI=1S/C13H17ClN2O2/c1-9(10-2-4-11(14)5-3-10)16-13(17)12-8-15-6-7-18-12/h2-5,9,12,15H,6-8H2,1H3,(H,16,17)/t9-,12?/m1/s1. The zero-order valence-electron chi connectivity index (χ0n) is 10.3. The van der Waals surface area contributed by atoms with E-state index in [0.717, 1.165) is 12.1 Å². The minimum Gasteiger partial charge on any atom is -0.366 e. The fourth-order valence-electron chi connectivity index (χ4n) is 1.87. The molecule has 2 rings (SSSR count). The van der Waals surface area contributed by atoms with Gasteiger partial charge < -0.3 is 15.4 Å². The Labute approximate surface area is 112 Å². The van der Waals surface area contributed by atoms with E-state index in [4.69, 9.17) is 16.3 Å². The van der Waals surface area contributed by atoms with Crippen LogP contribution in [0.3, 0.4) is 0 Å². The molecule has 1 aromatic carbocycles. The van der Waals surface area contributed by atoms with Crippen molar-refractivity contribution < 1.29 is 9.53 Å². The van der Waals surface area contributed by atoms with Crippen molar-refractivity contribution in [1.82, 2.24) is 10.6 Å². The van der Waals surface area contributed by atoms with Gasteiger partial charge in [0.1, 0.15) is 6.10 Å². The van der Waals surface area contributed by atoms with E-state index in [1.165, 1.54) is 0 Å². The minimum atomic E-state index is -0.395. The monoisotopic (exact) mass is 268 g/mol. The summed E-state index contributed by atoms with van der Waals surface area (Å²) in [5.41, 5.74) is 1.02. The van der Waals surface area contributed by atoms with Crippen molar-refractivity contribution in [3.63, 3.8) is 0 Å². The van der Waals surface area contributed by atoms with E-state index in [-0.39, 0.29) is 11.9 Å². The molecule has 0 aliphatic carbocycles. The Bertz CT molecular complexity index is 402. The van der Waals surface area contributed by atoms with Gasteiger partial charge >= 0.3 is 0 Å². The smallest absolute Gasteiger partial charge is 0.250 e. The first kappa shape index (κ1) is 13.3. The summed E-state index contributed by atoms with van der Waals surface area (Å²) in [6.45, 7) is 3.89. The summed E-state index contributed by atoms with van der Waals surface area (Å²) in [5.74, 6) is -0.0790. The number of benzene rings is 1. The maximum atomic E-state index is 11.9. The van der Waals surface area contributed by atoms with Gasteiger partial charge in [-0.2, -0.15) is 0 Å². The molecule has 5 heteroatoms. The Hall–Kier alpha value is -1.10. The number of morpholine rings is 1. The number of rotatable bonds is 3. The Kier molecular flexibility index (Phi) is 4.58.